The minimum absolute atomic E-state index is 0.0276. The third-order valence-electron chi connectivity index (χ3n) is 12.6. The van der Waals surface area contributed by atoms with Gasteiger partial charge in [-0.15, -0.1) is 0 Å². The van der Waals surface area contributed by atoms with E-state index in [2.05, 4.69) is 191 Å². The predicted octanol–water partition coefficient (Wildman–Crippen LogP) is 13.7. The Morgan fingerprint density at radius 2 is 0.695 bits per heavy atom. The van der Waals surface area contributed by atoms with Crippen molar-refractivity contribution in [1.82, 2.24) is 13.5 Å². The standard InChI is InChI=1S/C55H33N3O/c59-55-45-19-5-4-16-40(45)43-20-11-21-44-48-33-35(26-29-53(48)58(55)54(43)44)34-12-10-15-39(30-34)57-50-23-9-7-18-42(50)47-32-37(25-28-52(47)57)36-24-27-51-46(31-36)41-17-6-8-22-49(41)56(51)38-13-2-1-3-14-38/h1-33H. The molecule has 9 aromatic carbocycles. The van der Waals surface area contributed by atoms with Gasteiger partial charge in [-0.2, -0.15) is 0 Å². The monoisotopic (exact) mass is 751 g/mol. The van der Waals surface area contributed by atoms with Crippen LogP contribution in [-0.4, -0.2) is 13.5 Å². The van der Waals surface area contributed by atoms with Crippen LogP contribution in [0.15, 0.2) is 205 Å². The Morgan fingerprint density at radius 1 is 0.271 bits per heavy atom. The summed E-state index contributed by atoms with van der Waals surface area (Å²) < 4.78 is 6.67. The van der Waals surface area contributed by atoms with Gasteiger partial charge >= 0.3 is 0 Å². The lowest BCUT2D eigenvalue weighted by Gasteiger charge is -2.11. The van der Waals surface area contributed by atoms with Crippen LogP contribution >= 0.6 is 0 Å². The largest absolute Gasteiger partial charge is 0.309 e. The molecule has 4 aromatic heterocycles. The van der Waals surface area contributed by atoms with Gasteiger partial charge in [-0.25, -0.2) is 0 Å². The van der Waals surface area contributed by atoms with Crippen LogP contribution < -0.4 is 5.56 Å². The number of para-hydroxylation sites is 4. The highest BCUT2D eigenvalue weighted by molar-refractivity contribution is 6.20. The Hall–Kier alpha value is -7.95. The molecule has 0 fully saturated rings. The lowest BCUT2D eigenvalue weighted by atomic mass is 10.0. The summed E-state index contributed by atoms with van der Waals surface area (Å²) in [5.41, 5.74) is 13.6. The fourth-order valence-electron chi connectivity index (χ4n) is 9.96. The van der Waals surface area contributed by atoms with Crippen molar-refractivity contribution in [3.05, 3.63) is 211 Å². The summed E-state index contributed by atoms with van der Waals surface area (Å²) in [6.45, 7) is 0. The third-order valence-corrected chi connectivity index (χ3v) is 12.6. The number of nitrogens with zero attached hydrogens (tertiary/aromatic N) is 3. The van der Waals surface area contributed by atoms with Gasteiger partial charge in [0.2, 0.25) is 0 Å². The minimum atomic E-state index is 0.0276. The molecule has 13 aromatic rings. The number of hydrogen-bond acceptors (Lipinski definition) is 1. The summed E-state index contributed by atoms with van der Waals surface area (Å²) in [4.78, 5) is 13.9. The maximum atomic E-state index is 13.9. The van der Waals surface area contributed by atoms with Crippen molar-refractivity contribution >= 4 is 81.6 Å². The molecular formula is C55H33N3O. The zero-order valence-corrected chi connectivity index (χ0v) is 31.8. The number of benzene rings is 9. The van der Waals surface area contributed by atoms with Crippen molar-refractivity contribution in [2.75, 3.05) is 0 Å². The van der Waals surface area contributed by atoms with Gasteiger partial charge in [0.25, 0.3) is 5.56 Å². The second-order valence-corrected chi connectivity index (χ2v) is 15.7. The lowest BCUT2D eigenvalue weighted by molar-refractivity contribution is 1.18. The van der Waals surface area contributed by atoms with Crippen molar-refractivity contribution in [1.29, 1.82) is 0 Å². The van der Waals surface area contributed by atoms with E-state index in [1.54, 1.807) is 0 Å². The Labute approximate surface area is 338 Å². The molecule has 4 nitrogen and oxygen atoms in total. The number of hydrogen-bond donors (Lipinski definition) is 0. The van der Waals surface area contributed by atoms with Crippen LogP contribution in [0.5, 0.6) is 0 Å². The summed E-state index contributed by atoms with van der Waals surface area (Å²) in [6.07, 6.45) is 0. The van der Waals surface area contributed by atoms with E-state index in [1.807, 2.05) is 22.6 Å². The van der Waals surface area contributed by atoms with Gasteiger partial charge in [0.05, 0.1) is 33.1 Å². The number of aromatic nitrogens is 3. The molecule has 0 atom stereocenters. The molecule has 0 radical (unpaired) electrons. The van der Waals surface area contributed by atoms with Gasteiger partial charge in [0, 0.05) is 54.5 Å². The first kappa shape index (κ1) is 32.2. The first-order valence-electron chi connectivity index (χ1n) is 20.1. The molecule has 0 amide bonds. The lowest BCUT2D eigenvalue weighted by Crippen LogP contribution is -2.12. The fourth-order valence-corrected chi connectivity index (χ4v) is 9.96. The summed E-state index contributed by atoms with van der Waals surface area (Å²) >= 11 is 0. The SMILES string of the molecule is O=c1c2ccccc2c2cccc3c4cc(-c5cccc(-n6c7ccccc7c7cc(-c8ccc9c(c8)c8ccccc8n9-c8ccccc8)ccc76)c5)ccc4n1c23. The highest BCUT2D eigenvalue weighted by atomic mass is 16.1. The van der Waals surface area contributed by atoms with Crippen molar-refractivity contribution in [3.8, 4) is 33.6 Å². The van der Waals surface area contributed by atoms with Crippen LogP contribution in [0, 0.1) is 0 Å². The molecule has 0 N–H and O–H groups in total. The maximum absolute atomic E-state index is 13.9. The summed E-state index contributed by atoms with van der Waals surface area (Å²) in [6, 6.07) is 71.6. The van der Waals surface area contributed by atoms with E-state index < -0.39 is 0 Å². The zero-order valence-electron chi connectivity index (χ0n) is 31.8. The highest BCUT2D eigenvalue weighted by Gasteiger charge is 2.19. The third kappa shape index (κ3) is 4.51. The minimum Gasteiger partial charge on any atom is -0.309 e. The molecular weight excluding hydrogens is 719 g/mol. The number of pyridine rings is 1. The van der Waals surface area contributed by atoms with E-state index in [9.17, 15) is 4.79 Å². The zero-order chi connectivity index (χ0) is 38.8. The quantitative estimate of drug-likeness (QED) is 0.165. The molecule has 0 bridgehead atoms. The number of fused-ring (bicyclic) bond motifs is 11. The van der Waals surface area contributed by atoms with E-state index in [1.165, 1.54) is 49.2 Å². The van der Waals surface area contributed by atoms with E-state index in [0.717, 1.165) is 66.0 Å². The molecule has 4 heterocycles. The van der Waals surface area contributed by atoms with Crippen LogP contribution in [0.3, 0.4) is 0 Å². The van der Waals surface area contributed by atoms with Crippen LogP contribution in [0.4, 0.5) is 0 Å². The summed E-state index contributed by atoms with van der Waals surface area (Å²) in [5.74, 6) is 0. The normalized spacial score (nSPS) is 12.1. The van der Waals surface area contributed by atoms with Gasteiger partial charge in [-0.1, -0.05) is 121 Å². The molecule has 0 aliphatic rings. The van der Waals surface area contributed by atoms with Gasteiger partial charge < -0.3 is 9.13 Å². The first-order chi connectivity index (χ1) is 29.2. The van der Waals surface area contributed by atoms with Crippen LogP contribution in [0.1, 0.15) is 0 Å². The number of rotatable bonds is 4. The predicted molar refractivity (Wildman–Crippen MR) is 247 cm³/mol. The van der Waals surface area contributed by atoms with Gasteiger partial charge in [0.15, 0.2) is 0 Å². The molecule has 0 aliphatic carbocycles. The first-order valence-corrected chi connectivity index (χ1v) is 20.1. The molecule has 0 spiro atoms. The Balaban J connectivity index is 0.952. The van der Waals surface area contributed by atoms with Gasteiger partial charge in [0.1, 0.15) is 0 Å². The van der Waals surface area contributed by atoms with Gasteiger partial charge in [-0.05, 0) is 107 Å². The van der Waals surface area contributed by atoms with Crippen LogP contribution in [-0.2, 0) is 0 Å². The van der Waals surface area contributed by atoms with Crippen LogP contribution in [0.2, 0.25) is 0 Å². The van der Waals surface area contributed by atoms with E-state index in [4.69, 9.17) is 0 Å². The topological polar surface area (TPSA) is 31.3 Å². The molecule has 274 valence electrons. The second-order valence-electron chi connectivity index (χ2n) is 15.7. The van der Waals surface area contributed by atoms with Crippen LogP contribution in [0.25, 0.3) is 115 Å². The smallest absolute Gasteiger partial charge is 0.263 e. The Bertz CT molecular complexity index is 3920. The summed E-state index contributed by atoms with van der Waals surface area (Å²) in [5, 5.41) is 9.95. The average molecular weight is 752 g/mol. The van der Waals surface area contributed by atoms with Gasteiger partial charge in [-0.3, -0.25) is 9.20 Å². The maximum Gasteiger partial charge on any atom is 0.263 e. The van der Waals surface area contributed by atoms with E-state index >= 15 is 0 Å². The fraction of sp³-hybridized carbons (Fsp3) is 0. The molecule has 0 aliphatic heterocycles. The van der Waals surface area contributed by atoms with Crippen molar-refractivity contribution in [2.24, 2.45) is 0 Å². The summed E-state index contributed by atoms with van der Waals surface area (Å²) in [7, 11) is 0. The molecule has 13 rings (SSSR count). The van der Waals surface area contributed by atoms with E-state index in [0.29, 0.717) is 0 Å². The Morgan fingerprint density at radius 3 is 1.34 bits per heavy atom. The average Bonchev–Trinajstić information content (AvgIpc) is 3.94. The molecule has 4 heteroatoms. The molecule has 59 heavy (non-hydrogen) atoms. The molecule has 0 saturated carbocycles. The molecule has 0 saturated heterocycles. The van der Waals surface area contributed by atoms with E-state index in [-0.39, 0.29) is 5.56 Å². The molecule has 0 unspecified atom stereocenters. The van der Waals surface area contributed by atoms with Crippen molar-refractivity contribution < 1.29 is 0 Å². The highest BCUT2D eigenvalue weighted by Crippen LogP contribution is 2.40. The Kier molecular flexibility index (Phi) is 6.56. The second kappa shape index (κ2) is 12.0. The van der Waals surface area contributed by atoms with Crippen molar-refractivity contribution in [3.63, 3.8) is 0 Å². The van der Waals surface area contributed by atoms with Crippen molar-refractivity contribution in [2.45, 2.75) is 0 Å².